The molecule has 132 valence electrons. The van der Waals surface area contributed by atoms with Gasteiger partial charge < -0.3 is 14.5 Å². The SMILES string of the molecule is CCCN(CCC)C(=O)[C@@H]1CC(=O)N(Cc2cccc(OC)c2)C1. The topological polar surface area (TPSA) is 49.9 Å². The maximum Gasteiger partial charge on any atom is 0.227 e. The summed E-state index contributed by atoms with van der Waals surface area (Å²) in [7, 11) is 1.63. The standard InChI is InChI=1S/C19H28N2O3/c1-4-9-20(10-5-2)19(23)16-12-18(22)21(14-16)13-15-7-6-8-17(11-15)24-3/h6-8,11,16H,4-5,9-10,12-14H2,1-3H3/t16-/m1/s1. The lowest BCUT2D eigenvalue weighted by atomic mass is 10.1. The Bertz CT molecular complexity index is 567. The molecule has 0 unspecified atom stereocenters. The summed E-state index contributed by atoms with van der Waals surface area (Å²) in [4.78, 5) is 28.7. The number of likely N-dealkylation sites (tertiary alicyclic amines) is 1. The molecule has 1 heterocycles. The van der Waals surface area contributed by atoms with E-state index in [1.54, 1.807) is 12.0 Å². The van der Waals surface area contributed by atoms with Crippen molar-refractivity contribution in [3.05, 3.63) is 29.8 Å². The van der Waals surface area contributed by atoms with Crippen molar-refractivity contribution in [3.63, 3.8) is 0 Å². The van der Waals surface area contributed by atoms with Gasteiger partial charge in [-0.3, -0.25) is 9.59 Å². The summed E-state index contributed by atoms with van der Waals surface area (Å²) < 4.78 is 5.23. The number of nitrogens with zero attached hydrogens (tertiary/aromatic N) is 2. The van der Waals surface area contributed by atoms with Crippen molar-refractivity contribution in [2.75, 3.05) is 26.7 Å². The molecule has 0 bridgehead atoms. The molecule has 1 aromatic rings. The molecule has 24 heavy (non-hydrogen) atoms. The molecular weight excluding hydrogens is 304 g/mol. The van der Waals surface area contributed by atoms with Crippen molar-refractivity contribution in [3.8, 4) is 5.75 Å². The van der Waals surface area contributed by atoms with Gasteiger partial charge in [-0.1, -0.05) is 26.0 Å². The van der Waals surface area contributed by atoms with Gasteiger partial charge in [0.1, 0.15) is 5.75 Å². The third-order valence-electron chi connectivity index (χ3n) is 4.37. The van der Waals surface area contributed by atoms with Crippen LogP contribution in [0.15, 0.2) is 24.3 Å². The molecule has 0 spiro atoms. The van der Waals surface area contributed by atoms with Gasteiger partial charge in [0, 0.05) is 32.6 Å². The Hall–Kier alpha value is -2.04. The van der Waals surface area contributed by atoms with Crippen LogP contribution in [0.2, 0.25) is 0 Å². The van der Waals surface area contributed by atoms with Crippen molar-refractivity contribution < 1.29 is 14.3 Å². The first kappa shape index (κ1) is 18.3. The quantitative estimate of drug-likeness (QED) is 0.735. The highest BCUT2D eigenvalue weighted by Gasteiger charge is 2.36. The number of carbonyl (C=O) groups is 2. The lowest BCUT2D eigenvalue weighted by molar-refractivity contribution is -0.136. The van der Waals surface area contributed by atoms with Crippen molar-refractivity contribution in [2.24, 2.45) is 5.92 Å². The molecule has 1 aromatic carbocycles. The average molecular weight is 332 g/mol. The normalized spacial score (nSPS) is 17.2. The molecular formula is C19H28N2O3. The van der Waals surface area contributed by atoms with Crippen LogP contribution < -0.4 is 4.74 Å². The maximum atomic E-state index is 12.7. The zero-order valence-electron chi connectivity index (χ0n) is 15.0. The summed E-state index contributed by atoms with van der Waals surface area (Å²) in [6, 6.07) is 7.71. The monoisotopic (exact) mass is 332 g/mol. The predicted octanol–water partition coefficient (Wildman–Crippen LogP) is 2.69. The number of ether oxygens (including phenoxy) is 1. The van der Waals surface area contributed by atoms with E-state index in [0.717, 1.165) is 37.2 Å². The van der Waals surface area contributed by atoms with E-state index in [4.69, 9.17) is 4.74 Å². The van der Waals surface area contributed by atoms with E-state index in [2.05, 4.69) is 13.8 Å². The minimum absolute atomic E-state index is 0.0594. The summed E-state index contributed by atoms with van der Waals surface area (Å²) in [6.45, 7) is 6.73. The first-order valence-electron chi connectivity index (χ1n) is 8.78. The molecule has 2 rings (SSSR count). The minimum Gasteiger partial charge on any atom is -0.497 e. The van der Waals surface area contributed by atoms with Crippen LogP contribution in [-0.2, 0) is 16.1 Å². The Balaban J connectivity index is 2.00. The summed E-state index contributed by atoms with van der Waals surface area (Å²) in [5.41, 5.74) is 1.02. The van der Waals surface area contributed by atoms with Crippen molar-refractivity contribution >= 4 is 11.8 Å². The van der Waals surface area contributed by atoms with Crippen LogP contribution >= 0.6 is 0 Å². The molecule has 1 aliphatic rings. The Morgan fingerprint density at radius 3 is 2.62 bits per heavy atom. The minimum atomic E-state index is -0.207. The summed E-state index contributed by atoms with van der Waals surface area (Å²) >= 11 is 0. The van der Waals surface area contributed by atoms with E-state index in [0.29, 0.717) is 19.5 Å². The molecule has 1 aliphatic heterocycles. The van der Waals surface area contributed by atoms with Crippen molar-refractivity contribution in [2.45, 2.75) is 39.7 Å². The van der Waals surface area contributed by atoms with Gasteiger partial charge in [-0.25, -0.2) is 0 Å². The summed E-state index contributed by atoms with van der Waals surface area (Å²) in [5, 5.41) is 0. The lowest BCUT2D eigenvalue weighted by Gasteiger charge is -2.24. The molecule has 1 fully saturated rings. The Morgan fingerprint density at radius 1 is 1.29 bits per heavy atom. The molecule has 5 heteroatoms. The van der Waals surface area contributed by atoms with Gasteiger partial charge in [0.25, 0.3) is 0 Å². The Labute approximate surface area is 144 Å². The van der Waals surface area contributed by atoms with Crippen LogP contribution in [0.1, 0.15) is 38.7 Å². The number of rotatable bonds is 8. The van der Waals surface area contributed by atoms with Crippen LogP contribution in [-0.4, -0.2) is 48.4 Å². The third-order valence-corrected chi connectivity index (χ3v) is 4.37. The first-order valence-corrected chi connectivity index (χ1v) is 8.78. The number of amides is 2. The highest BCUT2D eigenvalue weighted by molar-refractivity contribution is 5.89. The molecule has 0 saturated carbocycles. The van der Waals surface area contributed by atoms with Crippen LogP contribution in [0.3, 0.4) is 0 Å². The molecule has 0 aliphatic carbocycles. The fourth-order valence-corrected chi connectivity index (χ4v) is 3.21. The van der Waals surface area contributed by atoms with Gasteiger partial charge in [0.15, 0.2) is 0 Å². The Kier molecular flexibility index (Phi) is 6.64. The molecule has 0 aromatic heterocycles. The van der Waals surface area contributed by atoms with E-state index < -0.39 is 0 Å². The molecule has 0 N–H and O–H groups in total. The zero-order valence-corrected chi connectivity index (χ0v) is 15.0. The second-order valence-corrected chi connectivity index (χ2v) is 6.35. The number of benzene rings is 1. The third kappa shape index (κ3) is 4.49. The second kappa shape index (κ2) is 8.71. The fourth-order valence-electron chi connectivity index (χ4n) is 3.21. The van der Waals surface area contributed by atoms with E-state index in [-0.39, 0.29) is 17.7 Å². The first-order chi connectivity index (χ1) is 11.6. The number of hydrogen-bond acceptors (Lipinski definition) is 3. The van der Waals surface area contributed by atoms with Gasteiger partial charge in [0.2, 0.25) is 11.8 Å². The summed E-state index contributed by atoms with van der Waals surface area (Å²) in [6.07, 6.45) is 2.21. The highest BCUT2D eigenvalue weighted by Crippen LogP contribution is 2.23. The molecule has 1 saturated heterocycles. The number of hydrogen-bond donors (Lipinski definition) is 0. The van der Waals surface area contributed by atoms with Gasteiger partial charge in [-0.2, -0.15) is 0 Å². The summed E-state index contributed by atoms with van der Waals surface area (Å²) in [5.74, 6) is 0.759. The fraction of sp³-hybridized carbons (Fsp3) is 0.579. The second-order valence-electron chi connectivity index (χ2n) is 6.35. The number of methoxy groups -OCH3 is 1. The number of carbonyl (C=O) groups excluding carboxylic acids is 2. The average Bonchev–Trinajstić information content (AvgIpc) is 2.95. The van der Waals surface area contributed by atoms with E-state index in [9.17, 15) is 9.59 Å². The maximum absolute atomic E-state index is 12.7. The molecule has 5 nitrogen and oxygen atoms in total. The molecule has 0 radical (unpaired) electrons. The molecule has 1 atom stereocenters. The van der Waals surface area contributed by atoms with Crippen LogP contribution in [0, 0.1) is 5.92 Å². The van der Waals surface area contributed by atoms with Gasteiger partial charge in [0.05, 0.1) is 13.0 Å². The highest BCUT2D eigenvalue weighted by atomic mass is 16.5. The van der Waals surface area contributed by atoms with Gasteiger partial charge in [-0.15, -0.1) is 0 Å². The largest absolute Gasteiger partial charge is 0.497 e. The van der Waals surface area contributed by atoms with Crippen LogP contribution in [0.4, 0.5) is 0 Å². The van der Waals surface area contributed by atoms with E-state index in [1.165, 1.54) is 0 Å². The lowest BCUT2D eigenvalue weighted by Crippen LogP contribution is -2.38. The Morgan fingerprint density at radius 2 is 2.00 bits per heavy atom. The smallest absolute Gasteiger partial charge is 0.227 e. The predicted molar refractivity (Wildman–Crippen MR) is 93.7 cm³/mol. The zero-order chi connectivity index (χ0) is 17.5. The van der Waals surface area contributed by atoms with Crippen molar-refractivity contribution in [1.29, 1.82) is 0 Å². The molecule has 2 amide bonds. The van der Waals surface area contributed by atoms with Gasteiger partial charge >= 0.3 is 0 Å². The van der Waals surface area contributed by atoms with Gasteiger partial charge in [-0.05, 0) is 30.5 Å². The van der Waals surface area contributed by atoms with E-state index >= 15 is 0 Å². The van der Waals surface area contributed by atoms with E-state index in [1.807, 2.05) is 29.2 Å². The van der Waals surface area contributed by atoms with Crippen LogP contribution in [0.5, 0.6) is 5.75 Å². The van der Waals surface area contributed by atoms with Crippen molar-refractivity contribution in [1.82, 2.24) is 9.80 Å². The van der Waals surface area contributed by atoms with Crippen LogP contribution in [0.25, 0.3) is 0 Å².